The molecular weight excluding hydrogens is 340 g/mol. The maximum absolute atomic E-state index is 13.3. The van der Waals surface area contributed by atoms with E-state index < -0.39 is 0 Å². The topological polar surface area (TPSA) is 45.9 Å². The molecule has 2 aromatic rings. The summed E-state index contributed by atoms with van der Waals surface area (Å²) in [5.74, 6) is 2.36. The number of piperidine rings is 3. The summed E-state index contributed by atoms with van der Waals surface area (Å²) < 4.78 is 10.9. The van der Waals surface area contributed by atoms with Gasteiger partial charge in [-0.05, 0) is 62.5 Å². The third-order valence-corrected chi connectivity index (χ3v) is 6.86. The number of carbonyl (C=O) groups excluding carboxylic acids is 1. The van der Waals surface area contributed by atoms with Crippen molar-refractivity contribution < 1.29 is 13.9 Å². The maximum atomic E-state index is 13.3. The number of fused-ring (bicyclic) bond motifs is 2. The number of benzene rings is 1. The molecule has 4 aliphatic rings. The van der Waals surface area contributed by atoms with Crippen LogP contribution < -0.4 is 4.74 Å². The number of aryl methyl sites for hydroxylation is 1. The van der Waals surface area contributed by atoms with Crippen LogP contribution in [-0.2, 0) is 0 Å². The lowest BCUT2D eigenvalue weighted by atomic mass is 9.75. The molecule has 0 saturated carbocycles. The monoisotopic (exact) mass is 366 g/mol. The predicted octanol–water partition coefficient (Wildman–Crippen LogP) is 3.30. The Balaban J connectivity index is 1.51. The summed E-state index contributed by atoms with van der Waals surface area (Å²) in [6, 6.07) is 11.0. The minimum Gasteiger partial charge on any atom is -0.497 e. The van der Waals surface area contributed by atoms with Gasteiger partial charge < -0.3 is 14.1 Å². The van der Waals surface area contributed by atoms with Crippen LogP contribution in [0.5, 0.6) is 5.75 Å². The number of nitrogens with zero attached hydrogens (tertiary/aromatic N) is 2. The van der Waals surface area contributed by atoms with Crippen molar-refractivity contribution in [3.05, 3.63) is 53.5 Å². The highest BCUT2D eigenvalue weighted by Crippen LogP contribution is 2.47. The number of hydrogen-bond acceptors (Lipinski definition) is 4. The summed E-state index contributed by atoms with van der Waals surface area (Å²) in [6.45, 7) is 5.01. The molecule has 6 rings (SSSR count). The first-order valence-electron chi connectivity index (χ1n) is 9.90. The molecule has 0 spiro atoms. The molecule has 142 valence electrons. The van der Waals surface area contributed by atoms with Gasteiger partial charge in [0.25, 0.3) is 5.91 Å². The van der Waals surface area contributed by atoms with Crippen molar-refractivity contribution >= 4 is 5.91 Å². The average Bonchev–Trinajstić information content (AvgIpc) is 3.34. The van der Waals surface area contributed by atoms with Crippen molar-refractivity contribution in [3.8, 4) is 5.75 Å². The Kier molecular flexibility index (Phi) is 4.01. The predicted molar refractivity (Wildman–Crippen MR) is 102 cm³/mol. The van der Waals surface area contributed by atoms with Gasteiger partial charge in [-0.1, -0.05) is 12.1 Å². The molecule has 5 nitrogen and oxygen atoms in total. The van der Waals surface area contributed by atoms with Gasteiger partial charge in [-0.15, -0.1) is 0 Å². The molecule has 0 unspecified atom stereocenters. The van der Waals surface area contributed by atoms with Crippen LogP contribution in [-0.4, -0.2) is 54.5 Å². The lowest BCUT2D eigenvalue weighted by Crippen LogP contribution is -2.60. The van der Waals surface area contributed by atoms with Crippen LogP contribution in [0.3, 0.4) is 0 Å². The molecular formula is C22H26N2O3. The fraction of sp³-hybridized carbons (Fsp3) is 0.500. The minimum absolute atomic E-state index is 0.0530. The van der Waals surface area contributed by atoms with Crippen LogP contribution in [0.4, 0.5) is 0 Å². The quantitative estimate of drug-likeness (QED) is 0.836. The molecule has 4 saturated heterocycles. The zero-order valence-electron chi connectivity index (χ0n) is 15.9. The molecule has 0 radical (unpaired) electrons. The zero-order chi connectivity index (χ0) is 18.5. The lowest BCUT2D eigenvalue weighted by Gasteiger charge is -2.51. The van der Waals surface area contributed by atoms with Crippen molar-refractivity contribution in [1.82, 2.24) is 9.80 Å². The van der Waals surface area contributed by atoms with E-state index in [1.807, 2.05) is 25.1 Å². The summed E-state index contributed by atoms with van der Waals surface area (Å²) >= 11 is 0. The van der Waals surface area contributed by atoms with E-state index in [0.29, 0.717) is 23.6 Å². The molecule has 4 fully saturated rings. The van der Waals surface area contributed by atoms with Gasteiger partial charge in [0.15, 0.2) is 5.76 Å². The van der Waals surface area contributed by atoms with Gasteiger partial charge in [-0.25, -0.2) is 0 Å². The van der Waals surface area contributed by atoms with Crippen molar-refractivity contribution in [2.75, 3.05) is 26.7 Å². The largest absolute Gasteiger partial charge is 0.497 e. The van der Waals surface area contributed by atoms with Crippen LogP contribution >= 0.6 is 0 Å². The van der Waals surface area contributed by atoms with Gasteiger partial charge in [0.1, 0.15) is 5.75 Å². The third-order valence-electron chi connectivity index (χ3n) is 6.86. The molecule has 2 bridgehead atoms. The van der Waals surface area contributed by atoms with Gasteiger partial charge in [0.2, 0.25) is 0 Å². The molecule has 1 amide bonds. The zero-order valence-corrected chi connectivity index (χ0v) is 15.9. The Morgan fingerprint density at radius 1 is 1.11 bits per heavy atom. The molecule has 4 aliphatic heterocycles. The fourth-order valence-corrected chi connectivity index (χ4v) is 5.52. The van der Waals surface area contributed by atoms with Crippen molar-refractivity contribution in [3.63, 3.8) is 0 Å². The summed E-state index contributed by atoms with van der Waals surface area (Å²) in [7, 11) is 1.69. The van der Waals surface area contributed by atoms with E-state index in [0.717, 1.165) is 30.9 Å². The van der Waals surface area contributed by atoms with E-state index in [1.165, 1.54) is 18.4 Å². The standard InChI is InChI=1S/C22H26N2O3/c1-14-9-12-27-21(14)22(25)24-13-18(15-3-5-17(26-2)6-4-15)20-19(24)16-7-10-23(20)11-8-16/h3-6,9,12,16,18-20H,7-8,10-11,13H2,1-2H3/t18-,19+,20+/m0/s1. The normalized spacial score (nSPS) is 31.8. The van der Waals surface area contributed by atoms with Gasteiger partial charge in [0.05, 0.1) is 19.4 Å². The first-order valence-corrected chi connectivity index (χ1v) is 9.90. The van der Waals surface area contributed by atoms with Crippen LogP contribution in [0.2, 0.25) is 0 Å². The summed E-state index contributed by atoms with van der Waals surface area (Å²) in [5.41, 5.74) is 2.22. The van der Waals surface area contributed by atoms with E-state index in [-0.39, 0.29) is 11.9 Å². The highest BCUT2D eigenvalue weighted by molar-refractivity contribution is 5.93. The second kappa shape index (κ2) is 6.41. The van der Waals surface area contributed by atoms with Crippen molar-refractivity contribution in [2.24, 2.45) is 5.92 Å². The van der Waals surface area contributed by atoms with E-state index in [9.17, 15) is 4.79 Å². The van der Waals surface area contributed by atoms with E-state index >= 15 is 0 Å². The first-order chi connectivity index (χ1) is 13.2. The van der Waals surface area contributed by atoms with Gasteiger partial charge in [-0.3, -0.25) is 9.69 Å². The van der Waals surface area contributed by atoms with E-state index in [1.54, 1.807) is 13.4 Å². The van der Waals surface area contributed by atoms with Crippen LogP contribution in [0.1, 0.15) is 40.4 Å². The molecule has 1 aromatic carbocycles. The lowest BCUT2D eigenvalue weighted by molar-refractivity contribution is -0.00431. The smallest absolute Gasteiger partial charge is 0.290 e. The summed E-state index contributed by atoms with van der Waals surface area (Å²) in [5, 5.41) is 0. The summed E-state index contributed by atoms with van der Waals surface area (Å²) in [4.78, 5) is 18.1. The Bertz CT molecular complexity index is 835. The Labute approximate surface area is 159 Å². The number of rotatable bonds is 3. The highest BCUT2D eigenvalue weighted by atomic mass is 16.5. The Hall–Kier alpha value is -2.27. The fourth-order valence-electron chi connectivity index (χ4n) is 5.52. The van der Waals surface area contributed by atoms with Crippen molar-refractivity contribution in [2.45, 2.75) is 37.8 Å². The second-order valence-corrected chi connectivity index (χ2v) is 8.12. The molecule has 5 heterocycles. The van der Waals surface area contributed by atoms with E-state index in [2.05, 4.69) is 21.9 Å². The van der Waals surface area contributed by atoms with Crippen molar-refractivity contribution in [1.29, 1.82) is 0 Å². The molecule has 1 aromatic heterocycles. The van der Waals surface area contributed by atoms with Gasteiger partial charge in [0, 0.05) is 24.1 Å². The molecule has 5 heteroatoms. The first kappa shape index (κ1) is 16.9. The SMILES string of the molecule is COc1ccc([C@@H]2CN(C(=O)c3occc3C)[C@@H]3C4CCN(CC4)[C@@H]32)cc1. The van der Waals surface area contributed by atoms with E-state index in [4.69, 9.17) is 9.15 Å². The third kappa shape index (κ3) is 2.59. The molecule has 0 N–H and O–H groups in total. The Morgan fingerprint density at radius 2 is 1.85 bits per heavy atom. The summed E-state index contributed by atoms with van der Waals surface area (Å²) in [6.07, 6.45) is 4.00. The number of methoxy groups -OCH3 is 1. The molecule has 27 heavy (non-hydrogen) atoms. The van der Waals surface area contributed by atoms with Crippen LogP contribution in [0.25, 0.3) is 0 Å². The average molecular weight is 366 g/mol. The maximum Gasteiger partial charge on any atom is 0.290 e. The molecule has 3 atom stereocenters. The van der Waals surface area contributed by atoms with Gasteiger partial charge >= 0.3 is 0 Å². The number of furan rings is 1. The molecule has 0 aliphatic carbocycles. The number of likely N-dealkylation sites (tertiary alicyclic amines) is 1. The number of carbonyl (C=O) groups is 1. The van der Waals surface area contributed by atoms with Gasteiger partial charge in [-0.2, -0.15) is 0 Å². The number of ether oxygens (including phenoxy) is 1. The minimum atomic E-state index is 0.0530. The second-order valence-electron chi connectivity index (χ2n) is 8.12. The highest BCUT2D eigenvalue weighted by Gasteiger charge is 2.55. The number of amides is 1. The Morgan fingerprint density at radius 3 is 2.48 bits per heavy atom. The van der Waals surface area contributed by atoms with Crippen LogP contribution in [0, 0.1) is 12.8 Å². The number of hydrogen-bond donors (Lipinski definition) is 0. The van der Waals surface area contributed by atoms with Crippen LogP contribution in [0.15, 0.2) is 41.0 Å².